The van der Waals surface area contributed by atoms with Gasteiger partial charge in [-0.2, -0.15) is 0 Å². The molecule has 10 heteroatoms. The van der Waals surface area contributed by atoms with Gasteiger partial charge in [-0.3, -0.25) is 29.5 Å². The van der Waals surface area contributed by atoms with Gasteiger partial charge >= 0.3 is 0 Å². The van der Waals surface area contributed by atoms with E-state index in [9.17, 15) is 29.2 Å². The van der Waals surface area contributed by atoms with E-state index in [1.807, 2.05) is 4.90 Å². The zero-order valence-electron chi connectivity index (χ0n) is 17.8. The van der Waals surface area contributed by atoms with Crippen LogP contribution in [-0.2, 0) is 16.1 Å². The number of aliphatic hydroxyl groups excluding tert-OH is 1. The molecule has 1 saturated heterocycles. The molecule has 0 radical (unpaired) electrons. The summed E-state index contributed by atoms with van der Waals surface area (Å²) in [6.07, 6.45) is 0. The molecule has 0 aromatic heterocycles. The van der Waals surface area contributed by atoms with Crippen molar-refractivity contribution < 1.29 is 24.0 Å². The number of hydrogen-bond acceptors (Lipinski definition) is 7. The number of halogens is 1. The molecule has 0 saturated carbocycles. The molecule has 2 aromatic carbocycles. The Morgan fingerprint density at radius 2 is 1.58 bits per heavy atom. The number of rotatable bonds is 7. The summed E-state index contributed by atoms with van der Waals surface area (Å²) >= 11 is 0. The highest BCUT2D eigenvalue weighted by Crippen LogP contribution is 2.34. The predicted molar refractivity (Wildman–Crippen MR) is 117 cm³/mol. The molecule has 0 atom stereocenters. The lowest BCUT2D eigenvalue weighted by molar-refractivity contribution is -0.384. The Labute approximate surface area is 189 Å². The minimum Gasteiger partial charge on any atom is -0.395 e. The largest absolute Gasteiger partial charge is 0.395 e. The number of β-amino-alcohol motifs (C(OH)–C–C–N with tert-alkyl or cyclic N) is 1. The van der Waals surface area contributed by atoms with E-state index in [0.717, 1.165) is 4.90 Å². The first-order valence-electron chi connectivity index (χ1n) is 10.6. The summed E-state index contributed by atoms with van der Waals surface area (Å²) in [5, 5.41) is 20.2. The highest BCUT2D eigenvalue weighted by molar-refractivity contribution is 6.35. The predicted octanol–water partition coefficient (Wildman–Crippen LogP) is 1.62. The number of nitro benzene ring substituents is 1. The van der Waals surface area contributed by atoms with Crippen LogP contribution in [0.15, 0.2) is 54.2 Å². The number of carbonyl (C=O) groups excluding carboxylic acids is 2. The molecule has 0 aliphatic carbocycles. The van der Waals surface area contributed by atoms with Crippen LogP contribution in [0, 0.1) is 15.9 Å². The Kier molecular flexibility index (Phi) is 6.47. The smallest absolute Gasteiger partial charge is 0.278 e. The molecule has 2 aliphatic rings. The van der Waals surface area contributed by atoms with Gasteiger partial charge in [-0.15, -0.1) is 0 Å². The summed E-state index contributed by atoms with van der Waals surface area (Å²) in [5.41, 5.74) is 1.38. The third-order valence-electron chi connectivity index (χ3n) is 5.87. The molecule has 0 bridgehead atoms. The Balaban J connectivity index is 1.67. The van der Waals surface area contributed by atoms with Crippen LogP contribution >= 0.6 is 0 Å². The van der Waals surface area contributed by atoms with Gasteiger partial charge < -0.3 is 10.0 Å². The Bertz CT molecular complexity index is 1090. The third-order valence-corrected chi connectivity index (χ3v) is 5.87. The van der Waals surface area contributed by atoms with E-state index in [4.69, 9.17) is 0 Å². The third kappa shape index (κ3) is 4.62. The van der Waals surface area contributed by atoms with Crippen molar-refractivity contribution in [2.45, 2.75) is 6.54 Å². The fourth-order valence-electron chi connectivity index (χ4n) is 4.12. The number of benzene rings is 2. The Hall–Kier alpha value is -3.63. The average molecular weight is 454 g/mol. The van der Waals surface area contributed by atoms with E-state index in [0.29, 0.717) is 43.9 Å². The quantitative estimate of drug-likeness (QED) is 0.385. The molecule has 4 rings (SSSR count). The van der Waals surface area contributed by atoms with Crippen molar-refractivity contribution in [2.24, 2.45) is 0 Å². The first kappa shape index (κ1) is 22.6. The molecule has 2 aliphatic heterocycles. The molecule has 172 valence electrons. The van der Waals surface area contributed by atoms with Crippen molar-refractivity contribution in [3.8, 4) is 0 Å². The molecule has 0 unspecified atom stereocenters. The van der Waals surface area contributed by atoms with E-state index >= 15 is 0 Å². The monoisotopic (exact) mass is 454 g/mol. The van der Waals surface area contributed by atoms with E-state index in [-0.39, 0.29) is 30.1 Å². The molecule has 1 N–H and O–H groups in total. The lowest BCUT2D eigenvalue weighted by atomic mass is 10.0. The van der Waals surface area contributed by atoms with E-state index < -0.39 is 22.6 Å². The SMILES string of the molecule is O=C1C(c2ccc([N+](=O)[O-])cc2)=C(N2CCN(CCO)CC2)C(=O)N1Cc1ccc(F)cc1. The van der Waals surface area contributed by atoms with Gasteiger partial charge in [0.25, 0.3) is 17.5 Å². The van der Waals surface area contributed by atoms with Crippen LogP contribution in [-0.4, -0.2) is 75.9 Å². The van der Waals surface area contributed by atoms with Gasteiger partial charge in [0.2, 0.25) is 0 Å². The van der Waals surface area contributed by atoms with Gasteiger partial charge in [0.1, 0.15) is 11.5 Å². The Morgan fingerprint density at radius 1 is 0.939 bits per heavy atom. The molecule has 0 spiro atoms. The number of nitrogens with zero attached hydrogens (tertiary/aromatic N) is 4. The van der Waals surface area contributed by atoms with Crippen LogP contribution in [0.3, 0.4) is 0 Å². The van der Waals surface area contributed by atoms with Crippen molar-refractivity contribution in [3.63, 3.8) is 0 Å². The number of carbonyl (C=O) groups is 2. The number of nitro groups is 1. The summed E-state index contributed by atoms with van der Waals surface area (Å²) in [6.45, 7) is 2.80. The zero-order valence-corrected chi connectivity index (χ0v) is 17.8. The number of amides is 2. The number of hydrogen-bond donors (Lipinski definition) is 1. The van der Waals surface area contributed by atoms with Crippen LogP contribution in [0.5, 0.6) is 0 Å². The van der Waals surface area contributed by atoms with Gasteiger partial charge in [-0.25, -0.2) is 4.39 Å². The van der Waals surface area contributed by atoms with Gasteiger partial charge in [-0.1, -0.05) is 12.1 Å². The molecule has 2 heterocycles. The van der Waals surface area contributed by atoms with Gasteiger partial charge in [0.05, 0.1) is 23.6 Å². The topological polar surface area (TPSA) is 107 Å². The lowest BCUT2D eigenvalue weighted by Gasteiger charge is -2.36. The summed E-state index contributed by atoms with van der Waals surface area (Å²) < 4.78 is 13.3. The van der Waals surface area contributed by atoms with Gasteiger partial charge in [0.15, 0.2) is 0 Å². The molecule has 2 amide bonds. The normalized spacial score (nSPS) is 17.3. The van der Waals surface area contributed by atoms with E-state index in [2.05, 4.69) is 4.90 Å². The average Bonchev–Trinajstić information content (AvgIpc) is 3.06. The summed E-state index contributed by atoms with van der Waals surface area (Å²) in [7, 11) is 0. The second kappa shape index (κ2) is 9.47. The van der Waals surface area contributed by atoms with Crippen molar-refractivity contribution in [3.05, 3.63) is 81.3 Å². The standard InChI is InChI=1S/C23H23FN4O5/c24-18-5-1-16(2-6-18)15-27-22(30)20(17-3-7-19(8-4-17)28(32)33)21(23(27)31)26-11-9-25(10-12-26)13-14-29/h1-8,29H,9-15H2. The maximum absolute atomic E-state index is 13.4. The molecular formula is C23H23FN4O5. The first-order chi connectivity index (χ1) is 15.9. The Morgan fingerprint density at radius 3 is 2.15 bits per heavy atom. The molecule has 2 aromatic rings. The van der Waals surface area contributed by atoms with Crippen LogP contribution in [0.2, 0.25) is 0 Å². The van der Waals surface area contributed by atoms with E-state index in [1.165, 1.54) is 48.5 Å². The van der Waals surface area contributed by atoms with Crippen LogP contribution in [0.1, 0.15) is 11.1 Å². The van der Waals surface area contributed by atoms with Crippen molar-refractivity contribution in [2.75, 3.05) is 39.3 Å². The zero-order chi connectivity index (χ0) is 23.5. The number of aliphatic hydroxyl groups is 1. The number of piperazine rings is 1. The molecular weight excluding hydrogens is 431 g/mol. The maximum atomic E-state index is 13.4. The number of imide groups is 1. The van der Waals surface area contributed by atoms with Crippen molar-refractivity contribution >= 4 is 23.1 Å². The first-order valence-corrected chi connectivity index (χ1v) is 10.6. The molecule has 9 nitrogen and oxygen atoms in total. The maximum Gasteiger partial charge on any atom is 0.278 e. The minimum atomic E-state index is -0.526. The molecule has 33 heavy (non-hydrogen) atoms. The van der Waals surface area contributed by atoms with Gasteiger partial charge in [0, 0.05) is 44.9 Å². The lowest BCUT2D eigenvalue weighted by Crippen LogP contribution is -2.48. The highest BCUT2D eigenvalue weighted by atomic mass is 19.1. The van der Waals surface area contributed by atoms with Crippen LogP contribution in [0.25, 0.3) is 5.57 Å². The molecule has 1 fully saturated rings. The second-order valence-electron chi connectivity index (χ2n) is 7.90. The summed E-state index contributed by atoms with van der Waals surface area (Å²) in [6, 6.07) is 11.1. The summed E-state index contributed by atoms with van der Waals surface area (Å²) in [4.78, 5) is 42.4. The fourth-order valence-corrected chi connectivity index (χ4v) is 4.12. The van der Waals surface area contributed by atoms with Crippen molar-refractivity contribution in [1.82, 2.24) is 14.7 Å². The van der Waals surface area contributed by atoms with Crippen LogP contribution < -0.4 is 0 Å². The minimum absolute atomic E-state index is 0.0115. The van der Waals surface area contributed by atoms with Gasteiger partial charge in [-0.05, 0) is 35.4 Å². The second-order valence-corrected chi connectivity index (χ2v) is 7.90. The van der Waals surface area contributed by atoms with E-state index in [1.54, 1.807) is 0 Å². The van der Waals surface area contributed by atoms with Crippen molar-refractivity contribution in [1.29, 1.82) is 0 Å². The summed E-state index contributed by atoms with van der Waals surface area (Å²) in [5.74, 6) is -1.36. The van der Waals surface area contributed by atoms with Crippen LogP contribution in [0.4, 0.5) is 10.1 Å². The fraction of sp³-hybridized carbons (Fsp3) is 0.304. The highest BCUT2D eigenvalue weighted by Gasteiger charge is 2.42. The number of non-ortho nitro benzene ring substituents is 1.